The van der Waals surface area contributed by atoms with Crippen LogP contribution in [0.3, 0.4) is 0 Å². The molecule has 21 heavy (non-hydrogen) atoms. The lowest BCUT2D eigenvalue weighted by Gasteiger charge is -2.48. The summed E-state index contributed by atoms with van der Waals surface area (Å²) in [6.45, 7) is 0. The fraction of sp³-hybridized carbons (Fsp3) is 0.556. The summed E-state index contributed by atoms with van der Waals surface area (Å²) in [7, 11) is 6.63. The molecule has 2 aromatic rings. The van der Waals surface area contributed by atoms with Gasteiger partial charge in [-0.05, 0) is 56.4 Å². The van der Waals surface area contributed by atoms with Crippen LogP contribution in [0.2, 0.25) is 0 Å². The van der Waals surface area contributed by atoms with Gasteiger partial charge in [0.15, 0.2) is 0 Å². The number of rotatable bonds is 4. The lowest BCUT2D eigenvalue weighted by Crippen LogP contribution is -2.54. The van der Waals surface area contributed by atoms with Gasteiger partial charge in [-0.3, -0.25) is 0 Å². The van der Waals surface area contributed by atoms with Crippen LogP contribution in [0.4, 0.5) is 0 Å². The summed E-state index contributed by atoms with van der Waals surface area (Å²) < 4.78 is 1.45. The third-order valence-corrected chi connectivity index (χ3v) is 6.24. The van der Waals surface area contributed by atoms with E-state index in [4.69, 9.17) is 0 Å². The summed E-state index contributed by atoms with van der Waals surface area (Å²) >= 11 is 1.87. The second-order valence-corrected chi connectivity index (χ2v) is 7.38. The average molecular weight is 302 g/mol. The SMILES string of the molecule is CNC(c1cccc2ccsc12)C1(N(C)C)CCCCC1. The first-order chi connectivity index (χ1) is 10.2. The van der Waals surface area contributed by atoms with Gasteiger partial charge in [-0.15, -0.1) is 11.3 Å². The van der Waals surface area contributed by atoms with Crippen LogP contribution >= 0.6 is 11.3 Å². The minimum absolute atomic E-state index is 0.241. The van der Waals surface area contributed by atoms with E-state index in [1.54, 1.807) is 0 Å². The number of nitrogens with one attached hydrogen (secondary N) is 1. The van der Waals surface area contributed by atoms with Gasteiger partial charge in [0, 0.05) is 10.2 Å². The maximum Gasteiger partial charge on any atom is 0.0518 e. The summed E-state index contributed by atoms with van der Waals surface area (Å²) in [6.07, 6.45) is 6.64. The quantitative estimate of drug-likeness (QED) is 0.899. The summed E-state index contributed by atoms with van der Waals surface area (Å²) in [5, 5.41) is 7.25. The van der Waals surface area contributed by atoms with Gasteiger partial charge in [0.05, 0.1) is 6.04 Å². The van der Waals surface area contributed by atoms with E-state index in [0.717, 1.165) is 0 Å². The number of hydrogen-bond acceptors (Lipinski definition) is 3. The molecule has 0 saturated heterocycles. The lowest BCUT2D eigenvalue weighted by molar-refractivity contribution is 0.0600. The molecule has 1 aliphatic rings. The average Bonchev–Trinajstić information content (AvgIpc) is 2.98. The molecule has 0 radical (unpaired) electrons. The Kier molecular flexibility index (Phi) is 4.34. The number of benzene rings is 1. The van der Waals surface area contributed by atoms with Crippen LogP contribution in [0, 0.1) is 0 Å². The van der Waals surface area contributed by atoms with Crippen molar-refractivity contribution in [2.24, 2.45) is 0 Å². The van der Waals surface area contributed by atoms with E-state index in [1.807, 2.05) is 11.3 Å². The Morgan fingerprint density at radius 2 is 1.90 bits per heavy atom. The molecule has 1 unspecified atom stereocenters. The van der Waals surface area contributed by atoms with Crippen molar-refractivity contribution in [2.45, 2.75) is 43.7 Å². The third kappa shape index (κ3) is 2.52. The van der Waals surface area contributed by atoms with Gasteiger partial charge in [-0.1, -0.05) is 37.5 Å². The Labute approximate surface area is 132 Å². The molecule has 1 saturated carbocycles. The smallest absolute Gasteiger partial charge is 0.0518 e. The van der Waals surface area contributed by atoms with E-state index in [0.29, 0.717) is 6.04 Å². The molecular weight excluding hydrogens is 276 g/mol. The number of nitrogens with zero attached hydrogens (tertiary/aromatic N) is 1. The second-order valence-electron chi connectivity index (χ2n) is 6.47. The van der Waals surface area contributed by atoms with Gasteiger partial charge >= 0.3 is 0 Å². The molecule has 1 fully saturated rings. The largest absolute Gasteiger partial charge is 0.311 e. The Hall–Kier alpha value is -0.900. The Morgan fingerprint density at radius 1 is 1.14 bits per heavy atom. The standard InChI is InChI=1S/C18H26N2S/c1-19-17(18(20(2)3)11-5-4-6-12-18)15-9-7-8-14-10-13-21-16(14)15/h7-10,13,17,19H,4-6,11-12H2,1-3H3. The van der Waals surface area contributed by atoms with Gasteiger partial charge < -0.3 is 10.2 Å². The maximum atomic E-state index is 3.66. The van der Waals surface area contributed by atoms with Crippen LogP contribution in [-0.4, -0.2) is 31.6 Å². The molecule has 114 valence electrons. The molecule has 0 spiro atoms. The lowest BCUT2D eigenvalue weighted by atomic mass is 9.73. The van der Waals surface area contributed by atoms with Gasteiger partial charge in [0.25, 0.3) is 0 Å². The van der Waals surface area contributed by atoms with E-state index in [1.165, 1.54) is 47.8 Å². The van der Waals surface area contributed by atoms with E-state index in [9.17, 15) is 0 Å². The molecule has 1 heterocycles. The highest BCUT2D eigenvalue weighted by atomic mass is 32.1. The fourth-order valence-corrected chi connectivity index (χ4v) is 5.06. The summed E-state index contributed by atoms with van der Waals surface area (Å²) in [4.78, 5) is 2.47. The minimum Gasteiger partial charge on any atom is -0.311 e. The van der Waals surface area contributed by atoms with Crippen LogP contribution in [0.25, 0.3) is 10.1 Å². The minimum atomic E-state index is 0.241. The highest BCUT2D eigenvalue weighted by Crippen LogP contribution is 2.44. The molecule has 1 aromatic heterocycles. The van der Waals surface area contributed by atoms with E-state index >= 15 is 0 Å². The van der Waals surface area contributed by atoms with Crippen molar-refractivity contribution < 1.29 is 0 Å². The van der Waals surface area contributed by atoms with Crippen molar-refractivity contribution in [2.75, 3.05) is 21.1 Å². The van der Waals surface area contributed by atoms with Gasteiger partial charge in [-0.2, -0.15) is 0 Å². The predicted octanol–water partition coefficient (Wildman–Crippen LogP) is 4.43. The first-order valence-corrected chi connectivity index (χ1v) is 8.88. The van der Waals surface area contributed by atoms with E-state index in [-0.39, 0.29) is 5.54 Å². The Morgan fingerprint density at radius 3 is 2.57 bits per heavy atom. The third-order valence-electron chi connectivity index (χ3n) is 5.26. The Balaban J connectivity index is 2.09. The van der Waals surface area contributed by atoms with Crippen molar-refractivity contribution in [1.29, 1.82) is 0 Å². The van der Waals surface area contributed by atoms with Crippen LogP contribution in [0.5, 0.6) is 0 Å². The Bertz CT molecular complexity index is 596. The first-order valence-electron chi connectivity index (χ1n) is 8.00. The molecule has 1 aliphatic carbocycles. The molecule has 1 N–H and O–H groups in total. The number of hydrogen-bond donors (Lipinski definition) is 1. The maximum absolute atomic E-state index is 3.66. The molecule has 0 amide bonds. The van der Waals surface area contributed by atoms with Gasteiger partial charge in [0.1, 0.15) is 0 Å². The van der Waals surface area contributed by atoms with Gasteiger partial charge in [-0.25, -0.2) is 0 Å². The van der Waals surface area contributed by atoms with E-state index < -0.39 is 0 Å². The zero-order chi connectivity index (χ0) is 14.9. The zero-order valence-corrected chi connectivity index (χ0v) is 14.2. The zero-order valence-electron chi connectivity index (χ0n) is 13.4. The second kappa shape index (κ2) is 6.07. The molecule has 1 atom stereocenters. The highest BCUT2D eigenvalue weighted by Gasteiger charge is 2.42. The van der Waals surface area contributed by atoms with E-state index in [2.05, 4.69) is 61.0 Å². The number of thiophene rings is 1. The predicted molar refractivity (Wildman–Crippen MR) is 93.1 cm³/mol. The molecular formula is C18H26N2S. The van der Waals surface area contributed by atoms with Crippen molar-refractivity contribution in [3.05, 3.63) is 35.2 Å². The van der Waals surface area contributed by atoms with Crippen molar-refractivity contribution in [1.82, 2.24) is 10.2 Å². The topological polar surface area (TPSA) is 15.3 Å². The molecule has 3 heteroatoms. The fourth-order valence-electron chi connectivity index (χ4n) is 4.12. The highest BCUT2D eigenvalue weighted by molar-refractivity contribution is 7.17. The molecule has 3 rings (SSSR count). The molecule has 2 nitrogen and oxygen atoms in total. The first kappa shape index (κ1) is 15.0. The van der Waals surface area contributed by atoms with Crippen LogP contribution in [0.15, 0.2) is 29.6 Å². The van der Waals surface area contributed by atoms with Crippen LogP contribution in [0.1, 0.15) is 43.7 Å². The van der Waals surface area contributed by atoms with Crippen molar-refractivity contribution >= 4 is 21.4 Å². The summed E-state index contributed by atoms with van der Waals surface area (Å²) in [5.74, 6) is 0. The molecule has 0 aliphatic heterocycles. The van der Waals surface area contributed by atoms with Crippen molar-refractivity contribution in [3.8, 4) is 0 Å². The monoisotopic (exact) mass is 302 g/mol. The number of likely N-dealkylation sites (N-methyl/N-ethyl adjacent to an activating group) is 2. The molecule has 1 aromatic carbocycles. The normalized spacial score (nSPS) is 20.0. The summed E-state index contributed by atoms with van der Waals surface area (Å²) in [6, 6.07) is 9.39. The van der Waals surface area contributed by atoms with Crippen LogP contribution in [-0.2, 0) is 0 Å². The van der Waals surface area contributed by atoms with Crippen LogP contribution < -0.4 is 5.32 Å². The summed E-state index contributed by atoms with van der Waals surface area (Å²) in [5.41, 5.74) is 1.71. The van der Waals surface area contributed by atoms with Gasteiger partial charge in [0.2, 0.25) is 0 Å². The number of fused-ring (bicyclic) bond motifs is 1. The van der Waals surface area contributed by atoms with Crippen molar-refractivity contribution in [3.63, 3.8) is 0 Å². The molecule has 0 bridgehead atoms.